The van der Waals surface area contributed by atoms with Crippen molar-refractivity contribution in [2.75, 3.05) is 6.61 Å². The van der Waals surface area contributed by atoms with Gasteiger partial charge in [-0.1, -0.05) is 123 Å². The summed E-state index contributed by atoms with van der Waals surface area (Å²) in [5.74, 6) is 1.46. The summed E-state index contributed by atoms with van der Waals surface area (Å²) in [6.07, 6.45) is 15.9. The van der Waals surface area contributed by atoms with E-state index in [0.29, 0.717) is 29.5 Å². The van der Waals surface area contributed by atoms with Crippen LogP contribution in [0.15, 0.2) is 0 Å². The maximum Gasteiger partial charge on any atom is 0.193 e. The number of hydrogen-bond donors (Lipinski definition) is 1. The van der Waals surface area contributed by atoms with E-state index in [1.165, 1.54) is 70.6 Å². The van der Waals surface area contributed by atoms with Gasteiger partial charge < -0.3 is 9.53 Å². The average Bonchev–Trinajstić information content (AvgIpc) is 3.55. The van der Waals surface area contributed by atoms with Crippen molar-refractivity contribution in [2.45, 2.75) is 198 Å². The Morgan fingerprint density at radius 3 is 1.81 bits per heavy atom. The van der Waals surface area contributed by atoms with Gasteiger partial charge in [0.15, 0.2) is 8.32 Å². The Morgan fingerprint density at radius 2 is 1.30 bits per heavy atom. The molecule has 2 nitrogen and oxygen atoms in total. The highest BCUT2D eigenvalue weighted by Gasteiger charge is 2.66. The molecule has 3 aliphatic rings. The van der Waals surface area contributed by atoms with Crippen LogP contribution in [0.2, 0.25) is 18.1 Å². The van der Waals surface area contributed by atoms with Crippen molar-refractivity contribution in [3.05, 3.63) is 0 Å². The molecule has 0 spiro atoms. The molecule has 3 heteroatoms. The molecule has 3 rings (SSSR count). The predicted molar refractivity (Wildman–Crippen MR) is 191 cm³/mol. The van der Waals surface area contributed by atoms with Crippen LogP contribution in [0.25, 0.3) is 0 Å². The molecule has 0 saturated heterocycles. The van der Waals surface area contributed by atoms with Crippen LogP contribution in [0.5, 0.6) is 0 Å². The minimum absolute atomic E-state index is 0.0609. The van der Waals surface area contributed by atoms with Crippen LogP contribution in [0.3, 0.4) is 0 Å². The zero-order chi connectivity index (χ0) is 33.1. The molecule has 254 valence electrons. The highest BCUT2D eigenvalue weighted by atomic mass is 28.4. The van der Waals surface area contributed by atoms with Crippen molar-refractivity contribution < 1.29 is 9.53 Å². The maximum atomic E-state index is 9.90. The van der Waals surface area contributed by atoms with E-state index in [0.717, 1.165) is 12.3 Å². The van der Waals surface area contributed by atoms with Gasteiger partial charge in [0.25, 0.3) is 0 Å². The Bertz CT molecular complexity index is 950. The van der Waals surface area contributed by atoms with Gasteiger partial charge in [0.2, 0.25) is 0 Å². The van der Waals surface area contributed by atoms with Crippen molar-refractivity contribution in [1.29, 1.82) is 0 Å². The quantitative estimate of drug-likeness (QED) is 0.146. The van der Waals surface area contributed by atoms with E-state index in [1.54, 1.807) is 0 Å². The molecule has 4 atom stereocenters. The van der Waals surface area contributed by atoms with Crippen LogP contribution in [0.1, 0.15) is 174 Å². The normalized spacial score (nSPS) is 29.1. The maximum absolute atomic E-state index is 9.90. The fraction of sp³-hybridized carbons (Fsp3) is 1.00. The first-order valence-corrected chi connectivity index (χ1v) is 21.6. The van der Waals surface area contributed by atoms with Gasteiger partial charge in [0, 0.05) is 12.7 Å². The van der Waals surface area contributed by atoms with E-state index in [4.69, 9.17) is 4.43 Å². The Morgan fingerprint density at radius 1 is 0.744 bits per heavy atom. The van der Waals surface area contributed by atoms with Crippen molar-refractivity contribution in [3.63, 3.8) is 0 Å². The van der Waals surface area contributed by atoms with E-state index in [-0.39, 0.29) is 32.1 Å². The largest absolute Gasteiger partial charge is 0.414 e. The second kappa shape index (κ2) is 12.0. The number of unbranched alkanes of at least 4 members (excludes halogenated alkanes) is 2. The smallest absolute Gasteiger partial charge is 0.193 e. The van der Waals surface area contributed by atoms with Crippen LogP contribution >= 0.6 is 0 Å². The highest BCUT2D eigenvalue weighted by molar-refractivity contribution is 6.74. The van der Waals surface area contributed by atoms with Crippen LogP contribution in [0.4, 0.5) is 0 Å². The minimum atomic E-state index is -2.17. The predicted octanol–water partition coefficient (Wildman–Crippen LogP) is 12.4. The standard InChI is InChI=1S/C40H78O2Si/c1-17-18-19-24-33(2,3)34(4,5)35(6,7)36(8,9)37(10,11)38(12,13)43(15,16)42-31-21-20-25-39(14)30(31)22-23-32(39)40(26-27-40)28-29-41/h30-32,41H,17-29H2,1-16H3/t30?,31-,32?,39-/m0/s1. The molecule has 0 amide bonds. The third kappa shape index (κ3) is 5.80. The number of aliphatic hydroxyl groups excluding tert-OH is 1. The molecular weight excluding hydrogens is 541 g/mol. The summed E-state index contributed by atoms with van der Waals surface area (Å²) in [4.78, 5) is 0. The Balaban J connectivity index is 1.89. The van der Waals surface area contributed by atoms with Crippen molar-refractivity contribution in [3.8, 4) is 0 Å². The fourth-order valence-electron chi connectivity index (χ4n) is 11.0. The highest BCUT2D eigenvalue weighted by Crippen LogP contribution is 2.72. The first-order valence-electron chi connectivity index (χ1n) is 18.7. The molecule has 0 radical (unpaired) electrons. The number of rotatable bonds is 15. The Hall–Kier alpha value is 0.137. The van der Waals surface area contributed by atoms with Crippen LogP contribution in [-0.2, 0) is 4.43 Å². The van der Waals surface area contributed by atoms with Gasteiger partial charge in [-0.2, -0.15) is 0 Å². The zero-order valence-electron chi connectivity index (χ0n) is 32.3. The van der Waals surface area contributed by atoms with Crippen LogP contribution < -0.4 is 0 Å². The molecule has 3 aliphatic carbocycles. The second-order valence-corrected chi connectivity index (χ2v) is 24.6. The topological polar surface area (TPSA) is 29.5 Å². The van der Waals surface area contributed by atoms with E-state index in [1.807, 2.05) is 0 Å². The molecule has 0 aliphatic heterocycles. The second-order valence-electron chi connectivity index (χ2n) is 20.1. The van der Waals surface area contributed by atoms with Gasteiger partial charge in [-0.05, 0) is 119 Å². The van der Waals surface area contributed by atoms with Crippen molar-refractivity contribution in [2.24, 2.45) is 49.7 Å². The third-order valence-corrected chi connectivity index (χ3v) is 22.1. The summed E-state index contributed by atoms with van der Waals surface area (Å²) < 4.78 is 7.67. The lowest BCUT2D eigenvalue weighted by molar-refractivity contribution is -0.155. The first-order chi connectivity index (χ1) is 19.4. The molecule has 3 fully saturated rings. The monoisotopic (exact) mass is 619 g/mol. The summed E-state index contributed by atoms with van der Waals surface area (Å²) in [5, 5.41) is 9.97. The molecule has 2 unspecified atom stereocenters. The summed E-state index contributed by atoms with van der Waals surface area (Å²) in [6.45, 7) is 41.4. The average molecular weight is 619 g/mol. The van der Waals surface area contributed by atoms with Gasteiger partial charge in [-0.3, -0.25) is 0 Å². The lowest BCUT2D eigenvalue weighted by Crippen LogP contribution is -2.63. The summed E-state index contributed by atoms with van der Waals surface area (Å²) in [7, 11) is -2.17. The molecule has 3 saturated carbocycles. The van der Waals surface area contributed by atoms with Gasteiger partial charge in [0.05, 0.1) is 0 Å². The van der Waals surface area contributed by atoms with E-state index in [9.17, 15) is 5.11 Å². The first kappa shape index (κ1) is 37.6. The fourth-order valence-corrected chi connectivity index (χ4v) is 14.2. The van der Waals surface area contributed by atoms with Gasteiger partial charge >= 0.3 is 0 Å². The summed E-state index contributed by atoms with van der Waals surface area (Å²) >= 11 is 0. The lowest BCUT2D eigenvalue weighted by Gasteiger charge is -2.67. The molecule has 1 N–H and O–H groups in total. The zero-order valence-corrected chi connectivity index (χ0v) is 33.3. The molecule has 0 aromatic heterocycles. The minimum Gasteiger partial charge on any atom is -0.414 e. The number of fused-ring (bicyclic) bond motifs is 1. The van der Waals surface area contributed by atoms with Gasteiger partial charge in [0.1, 0.15) is 0 Å². The van der Waals surface area contributed by atoms with Crippen LogP contribution in [0, 0.1) is 49.7 Å². The van der Waals surface area contributed by atoms with Crippen LogP contribution in [-0.4, -0.2) is 26.1 Å². The Kier molecular flexibility index (Phi) is 10.5. The van der Waals surface area contributed by atoms with Crippen molar-refractivity contribution in [1.82, 2.24) is 0 Å². The lowest BCUT2D eigenvalue weighted by atomic mass is 9.40. The van der Waals surface area contributed by atoms with E-state index >= 15 is 0 Å². The molecule has 0 aromatic carbocycles. The van der Waals surface area contributed by atoms with E-state index in [2.05, 4.69) is 110 Å². The summed E-state index contributed by atoms with van der Waals surface area (Å²) in [6, 6.07) is 0. The third-order valence-electron chi connectivity index (χ3n) is 17.6. The number of hydrogen-bond acceptors (Lipinski definition) is 2. The SMILES string of the molecule is CCCCCC(C)(C)C(C)(C)C(C)(C)C(C)(C)C(C)(C)C(C)(C)[Si](C)(C)O[C@H]1CCC[C@@]2(C)C1CCC2C1(CCO)CC1. The molecular formula is C40H78O2Si. The van der Waals surface area contributed by atoms with Crippen molar-refractivity contribution >= 4 is 8.32 Å². The van der Waals surface area contributed by atoms with Gasteiger partial charge in [-0.25, -0.2) is 0 Å². The molecule has 0 aromatic rings. The molecule has 0 bridgehead atoms. The summed E-state index contributed by atoms with van der Waals surface area (Å²) in [5.41, 5.74) is 1.47. The molecule has 0 heterocycles. The Labute approximate surface area is 271 Å². The molecule has 43 heavy (non-hydrogen) atoms. The number of aliphatic hydroxyl groups is 1. The van der Waals surface area contributed by atoms with E-state index < -0.39 is 8.32 Å². The van der Waals surface area contributed by atoms with Gasteiger partial charge in [-0.15, -0.1) is 0 Å².